The first-order valence-corrected chi connectivity index (χ1v) is 6.22. The standard InChI is InChI=1S/C15H22FNO/c1-11(12-8-6-7-9-13(12)16)17(5)14(18)10-15(2,3)4/h6-9,11H,10H2,1-5H3. The molecule has 1 rings (SSSR count). The number of hydrogen-bond acceptors (Lipinski definition) is 1. The minimum absolute atomic E-state index is 0.0400. The third-order valence-corrected chi connectivity index (χ3v) is 3.01. The van der Waals surface area contributed by atoms with E-state index in [1.165, 1.54) is 6.07 Å². The van der Waals surface area contributed by atoms with E-state index < -0.39 is 0 Å². The molecule has 0 spiro atoms. The molecule has 0 aromatic heterocycles. The van der Waals surface area contributed by atoms with Gasteiger partial charge in [-0.15, -0.1) is 0 Å². The van der Waals surface area contributed by atoms with Gasteiger partial charge in [0.1, 0.15) is 5.82 Å². The first-order valence-electron chi connectivity index (χ1n) is 6.22. The number of carbonyl (C=O) groups excluding carboxylic acids is 1. The summed E-state index contributed by atoms with van der Waals surface area (Å²) in [5, 5.41) is 0. The van der Waals surface area contributed by atoms with E-state index in [1.807, 2.05) is 27.7 Å². The van der Waals surface area contributed by atoms with Gasteiger partial charge in [0.05, 0.1) is 6.04 Å². The molecular weight excluding hydrogens is 229 g/mol. The zero-order valence-corrected chi connectivity index (χ0v) is 11.8. The molecule has 1 aromatic carbocycles. The number of amides is 1. The average Bonchev–Trinajstić information content (AvgIpc) is 2.25. The van der Waals surface area contributed by atoms with Crippen LogP contribution in [-0.2, 0) is 4.79 Å². The molecule has 0 N–H and O–H groups in total. The lowest BCUT2D eigenvalue weighted by Gasteiger charge is -2.28. The molecule has 1 amide bonds. The summed E-state index contributed by atoms with van der Waals surface area (Å²) in [4.78, 5) is 13.7. The van der Waals surface area contributed by atoms with Crippen LogP contribution in [0.25, 0.3) is 0 Å². The van der Waals surface area contributed by atoms with Crippen LogP contribution in [0.3, 0.4) is 0 Å². The molecule has 2 nitrogen and oxygen atoms in total. The quantitative estimate of drug-likeness (QED) is 0.800. The number of carbonyl (C=O) groups is 1. The maximum Gasteiger partial charge on any atom is 0.223 e. The highest BCUT2D eigenvalue weighted by Crippen LogP contribution is 2.25. The van der Waals surface area contributed by atoms with Gasteiger partial charge >= 0.3 is 0 Å². The highest BCUT2D eigenvalue weighted by atomic mass is 19.1. The Bertz CT molecular complexity index is 423. The summed E-state index contributed by atoms with van der Waals surface area (Å²) < 4.78 is 13.7. The molecule has 1 unspecified atom stereocenters. The van der Waals surface area contributed by atoms with E-state index in [9.17, 15) is 9.18 Å². The Labute approximate surface area is 109 Å². The number of benzene rings is 1. The normalized spacial score (nSPS) is 13.2. The van der Waals surface area contributed by atoms with Gasteiger partial charge in [-0.3, -0.25) is 4.79 Å². The fourth-order valence-electron chi connectivity index (χ4n) is 1.82. The molecule has 0 saturated heterocycles. The highest BCUT2D eigenvalue weighted by molar-refractivity contribution is 5.77. The molecule has 0 bridgehead atoms. The Kier molecular flexibility index (Phi) is 4.49. The third kappa shape index (κ3) is 3.83. The Hall–Kier alpha value is -1.38. The van der Waals surface area contributed by atoms with Gasteiger partial charge in [0.15, 0.2) is 0 Å². The summed E-state index contributed by atoms with van der Waals surface area (Å²) >= 11 is 0. The lowest BCUT2D eigenvalue weighted by molar-refractivity contribution is -0.133. The second-order valence-corrected chi connectivity index (χ2v) is 5.94. The molecule has 0 aliphatic rings. The molecule has 1 atom stereocenters. The molecule has 0 fully saturated rings. The fraction of sp³-hybridized carbons (Fsp3) is 0.533. The molecule has 0 aliphatic carbocycles. The van der Waals surface area contributed by atoms with Gasteiger partial charge in [0.2, 0.25) is 5.91 Å². The van der Waals surface area contributed by atoms with Gasteiger partial charge in [-0.2, -0.15) is 0 Å². The van der Waals surface area contributed by atoms with Gasteiger partial charge in [-0.1, -0.05) is 39.0 Å². The van der Waals surface area contributed by atoms with Crippen LogP contribution in [0.1, 0.15) is 45.7 Å². The van der Waals surface area contributed by atoms with Crippen molar-refractivity contribution in [2.45, 2.75) is 40.2 Å². The predicted molar refractivity (Wildman–Crippen MR) is 71.7 cm³/mol. The van der Waals surface area contributed by atoms with Gasteiger partial charge in [-0.05, 0) is 18.4 Å². The van der Waals surface area contributed by atoms with Crippen molar-refractivity contribution in [2.24, 2.45) is 5.41 Å². The van der Waals surface area contributed by atoms with Crippen LogP contribution >= 0.6 is 0 Å². The molecule has 0 aliphatic heterocycles. The summed E-state index contributed by atoms with van der Waals surface area (Å²) in [5.41, 5.74) is 0.502. The van der Waals surface area contributed by atoms with E-state index in [0.717, 1.165) is 0 Å². The second-order valence-electron chi connectivity index (χ2n) is 5.94. The van der Waals surface area contributed by atoms with Crippen molar-refractivity contribution < 1.29 is 9.18 Å². The van der Waals surface area contributed by atoms with Crippen molar-refractivity contribution in [2.75, 3.05) is 7.05 Å². The zero-order chi connectivity index (χ0) is 13.9. The van der Waals surface area contributed by atoms with Crippen molar-refractivity contribution in [1.82, 2.24) is 4.90 Å². The van der Waals surface area contributed by atoms with Gasteiger partial charge in [-0.25, -0.2) is 4.39 Å². The van der Waals surface area contributed by atoms with Crippen LogP contribution in [0.4, 0.5) is 4.39 Å². The van der Waals surface area contributed by atoms with E-state index in [4.69, 9.17) is 0 Å². The lowest BCUT2D eigenvalue weighted by atomic mass is 9.91. The molecule has 1 aromatic rings. The topological polar surface area (TPSA) is 20.3 Å². The minimum atomic E-state index is -0.264. The predicted octanol–water partition coefficient (Wildman–Crippen LogP) is 3.78. The maximum atomic E-state index is 13.7. The smallest absolute Gasteiger partial charge is 0.223 e. The average molecular weight is 251 g/mol. The van der Waals surface area contributed by atoms with Crippen LogP contribution in [0.2, 0.25) is 0 Å². The first-order chi connectivity index (χ1) is 8.22. The molecule has 100 valence electrons. The summed E-state index contributed by atoms with van der Waals surface area (Å²) in [7, 11) is 1.73. The fourth-order valence-corrected chi connectivity index (χ4v) is 1.82. The van der Waals surface area contributed by atoms with E-state index in [0.29, 0.717) is 12.0 Å². The zero-order valence-electron chi connectivity index (χ0n) is 11.8. The third-order valence-electron chi connectivity index (χ3n) is 3.01. The Balaban J connectivity index is 2.82. The Morgan fingerprint density at radius 2 is 1.89 bits per heavy atom. The van der Waals surface area contributed by atoms with Crippen LogP contribution < -0.4 is 0 Å². The summed E-state index contributed by atoms with van der Waals surface area (Å²) in [6.45, 7) is 7.91. The van der Waals surface area contributed by atoms with Gasteiger partial charge in [0, 0.05) is 19.0 Å². The Morgan fingerprint density at radius 1 is 1.33 bits per heavy atom. The van der Waals surface area contributed by atoms with E-state index >= 15 is 0 Å². The van der Waals surface area contributed by atoms with Crippen LogP contribution in [-0.4, -0.2) is 17.9 Å². The van der Waals surface area contributed by atoms with Crippen molar-refractivity contribution in [3.8, 4) is 0 Å². The molecule has 0 radical (unpaired) electrons. The summed E-state index contributed by atoms with van der Waals surface area (Å²) in [6, 6.07) is 6.34. The Morgan fingerprint density at radius 3 is 2.39 bits per heavy atom. The number of nitrogens with zero attached hydrogens (tertiary/aromatic N) is 1. The largest absolute Gasteiger partial charge is 0.339 e. The van der Waals surface area contributed by atoms with Crippen molar-refractivity contribution >= 4 is 5.91 Å². The van der Waals surface area contributed by atoms with Crippen molar-refractivity contribution in [3.05, 3.63) is 35.6 Å². The number of rotatable bonds is 3. The maximum absolute atomic E-state index is 13.7. The van der Waals surface area contributed by atoms with E-state index in [-0.39, 0.29) is 23.2 Å². The van der Waals surface area contributed by atoms with Crippen molar-refractivity contribution in [3.63, 3.8) is 0 Å². The molecule has 3 heteroatoms. The highest BCUT2D eigenvalue weighted by Gasteiger charge is 2.23. The van der Waals surface area contributed by atoms with E-state index in [2.05, 4.69) is 0 Å². The van der Waals surface area contributed by atoms with E-state index in [1.54, 1.807) is 30.1 Å². The summed E-state index contributed by atoms with van der Waals surface area (Å²) in [6.07, 6.45) is 0.461. The lowest BCUT2D eigenvalue weighted by Crippen LogP contribution is -2.32. The van der Waals surface area contributed by atoms with Crippen molar-refractivity contribution in [1.29, 1.82) is 0 Å². The van der Waals surface area contributed by atoms with Gasteiger partial charge < -0.3 is 4.90 Å². The molecule has 0 saturated carbocycles. The van der Waals surface area contributed by atoms with Crippen LogP contribution in [0.5, 0.6) is 0 Å². The van der Waals surface area contributed by atoms with Gasteiger partial charge in [0.25, 0.3) is 0 Å². The van der Waals surface area contributed by atoms with Crippen LogP contribution in [0, 0.1) is 11.2 Å². The van der Waals surface area contributed by atoms with Crippen LogP contribution in [0.15, 0.2) is 24.3 Å². The molecule has 18 heavy (non-hydrogen) atoms. The summed E-state index contributed by atoms with van der Waals surface area (Å²) in [5.74, 6) is -0.223. The second kappa shape index (κ2) is 5.51. The molecular formula is C15H22FNO. The first kappa shape index (κ1) is 14.7. The monoisotopic (exact) mass is 251 g/mol. The molecule has 0 heterocycles. The number of hydrogen-bond donors (Lipinski definition) is 0. The minimum Gasteiger partial charge on any atom is -0.339 e. The SMILES string of the molecule is CC(c1ccccc1F)N(C)C(=O)CC(C)(C)C. The number of halogens is 1.